The van der Waals surface area contributed by atoms with Gasteiger partial charge in [0.05, 0.1) is 12.1 Å². The van der Waals surface area contributed by atoms with E-state index in [1.165, 1.54) is 30.4 Å². The highest BCUT2D eigenvalue weighted by Crippen LogP contribution is 2.43. The summed E-state index contributed by atoms with van der Waals surface area (Å²) in [6.07, 6.45) is 9.32. The van der Waals surface area contributed by atoms with Crippen molar-refractivity contribution in [2.24, 2.45) is 5.10 Å². The van der Waals surface area contributed by atoms with Crippen LogP contribution in [0.25, 0.3) is 0 Å². The minimum Gasteiger partial charge on any atom is -0.282 e. The van der Waals surface area contributed by atoms with Gasteiger partial charge in [0, 0.05) is 6.21 Å². The van der Waals surface area contributed by atoms with Crippen LogP contribution in [0.2, 0.25) is 0 Å². The van der Waals surface area contributed by atoms with Crippen LogP contribution in [0.5, 0.6) is 0 Å². The molecule has 24 heavy (non-hydrogen) atoms. The van der Waals surface area contributed by atoms with E-state index in [0.717, 1.165) is 19.3 Å². The van der Waals surface area contributed by atoms with Crippen LogP contribution in [0, 0.1) is 0 Å². The van der Waals surface area contributed by atoms with Gasteiger partial charge in [-0.15, -0.1) is 0 Å². The maximum atomic E-state index is 4.92. The van der Waals surface area contributed by atoms with E-state index < -0.39 is 0 Å². The standard InChI is InChI=1S/C22H28N2/c1-2-3-4-11-18-23-24-21(19-12-7-5-8-13-19)16-17-22(24)20-14-9-6-10-15-20/h5-10,12-15,18,21-22H,2-4,11,16-17H2,1H3/b23-18+/t21-,22-/m0/s1. The molecular weight excluding hydrogens is 292 g/mol. The zero-order valence-electron chi connectivity index (χ0n) is 14.6. The Balaban J connectivity index is 1.79. The first-order valence-corrected chi connectivity index (χ1v) is 9.31. The van der Waals surface area contributed by atoms with Crippen molar-refractivity contribution in [1.82, 2.24) is 5.01 Å². The van der Waals surface area contributed by atoms with E-state index in [-0.39, 0.29) is 0 Å². The van der Waals surface area contributed by atoms with E-state index in [1.807, 2.05) is 0 Å². The third-order valence-electron chi connectivity index (χ3n) is 4.87. The van der Waals surface area contributed by atoms with Gasteiger partial charge in [-0.25, -0.2) is 0 Å². The lowest BCUT2D eigenvalue weighted by Crippen LogP contribution is -2.21. The monoisotopic (exact) mass is 320 g/mol. The zero-order chi connectivity index (χ0) is 16.6. The maximum Gasteiger partial charge on any atom is 0.0728 e. The van der Waals surface area contributed by atoms with Crippen LogP contribution in [0.1, 0.15) is 68.7 Å². The van der Waals surface area contributed by atoms with Gasteiger partial charge in [0.25, 0.3) is 0 Å². The van der Waals surface area contributed by atoms with Crippen molar-refractivity contribution in [2.75, 3.05) is 0 Å². The summed E-state index contributed by atoms with van der Waals surface area (Å²) < 4.78 is 0. The molecule has 0 bridgehead atoms. The Morgan fingerprint density at radius 1 is 0.875 bits per heavy atom. The van der Waals surface area contributed by atoms with Crippen molar-refractivity contribution in [3.05, 3.63) is 71.8 Å². The average molecular weight is 320 g/mol. The summed E-state index contributed by atoms with van der Waals surface area (Å²) in [5, 5.41) is 7.26. The number of hydrazone groups is 1. The molecule has 0 spiro atoms. The molecule has 2 atom stereocenters. The summed E-state index contributed by atoms with van der Waals surface area (Å²) >= 11 is 0. The van der Waals surface area contributed by atoms with Crippen LogP contribution in [0.3, 0.4) is 0 Å². The van der Waals surface area contributed by atoms with Gasteiger partial charge in [-0.2, -0.15) is 5.10 Å². The summed E-state index contributed by atoms with van der Waals surface area (Å²) in [5.41, 5.74) is 2.75. The van der Waals surface area contributed by atoms with Crippen molar-refractivity contribution in [1.29, 1.82) is 0 Å². The molecule has 1 aliphatic rings. The topological polar surface area (TPSA) is 15.6 Å². The summed E-state index contributed by atoms with van der Waals surface area (Å²) in [4.78, 5) is 0. The molecule has 1 saturated heterocycles. The highest BCUT2D eigenvalue weighted by molar-refractivity contribution is 5.56. The van der Waals surface area contributed by atoms with Crippen molar-refractivity contribution < 1.29 is 0 Å². The molecule has 0 unspecified atom stereocenters. The number of rotatable bonds is 7. The molecule has 0 N–H and O–H groups in total. The second-order valence-electron chi connectivity index (χ2n) is 6.60. The zero-order valence-corrected chi connectivity index (χ0v) is 14.6. The SMILES string of the molecule is CCCCC/C=N/N1[C@H](c2ccccc2)CC[C@H]1c1ccccc1. The molecule has 0 aromatic heterocycles. The van der Waals surface area contributed by atoms with E-state index in [0.29, 0.717) is 12.1 Å². The van der Waals surface area contributed by atoms with Crippen molar-refractivity contribution in [2.45, 2.75) is 57.5 Å². The fourth-order valence-electron chi connectivity index (χ4n) is 3.59. The average Bonchev–Trinajstić information content (AvgIpc) is 3.07. The van der Waals surface area contributed by atoms with Crippen LogP contribution in [-0.2, 0) is 0 Å². The Bertz CT molecular complexity index is 573. The lowest BCUT2D eigenvalue weighted by molar-refractivity contribution is 0.205. The Hall–Kier alpha value is -2.09. The second-order valence-corrected chi connectivity index (χ2v) is 6.60. The van der Waals surface area contributed by atoms with Gasteiger partial charge in [-0.3, -0.25) is 5.01 Å². The van der Waals surface area contributed by atoms with Gasteiger partial charge < -0.3 is 0 Å². The van der Waals surface area contributed by atoms with Crippen LogP contribution in [0.4, 0.5) is 0 Å². The lowest BCUT2D eigenvalue weighted by atomic mass is 10.0. The molecule has 126 valence electrons. The lowest BCUT2D eigenvalue weighted by Gasteiger charge is -2.28. The molecule has 1 fully saturated rings. The Morgan fingerprint density at radius 2 is 1.42 bits per heavy atom. The third kappa shape index (κ3) is 4.05. The molecule has 0 amide bonds. The first-order valence-electron chi connectivity index (χ1n) is 9.31. The smallest absolute Gasteiger partial charge is 0.0728 e. The molecule has 1 heterocycles. The van der Waals surface area contributed by atoms with E-state index in [4.69, 9.17) is 5.10 Å². The number of hydrogen-bond acceptors (Lipinski definition) is 2. The van der Waals surface area contributed by atoms with E-state index >= 15 is 0 Å². The van der Waals surface area contributed by atoms with Crippen molar-refractivity contribution in [3.63, 3.8) is 0 Å². The predicted molar refractivity (Wildman–Crippen MR) is 102 cm³/mol. The summed E-state index contributed by atoms with van der Waals surface area (Å²) in [6, 6.07) is 22.4. The number of benzene rings is 2. The highest BCUT2D eigenvalue weighted by atomic mass is 15.5. The minimum absolute atomic E-state index is 0.388. The number of nitrogens with zero attached hydrogens (tertiary/aromatic N) is 2. The largest absolute Gasteiger partial charge is 0.282 e. The van der Waals surface area contributed by atoms with Crippen LogP contribution in [0.15, 0.2) is 65.8 Å². The van der Waals surface area contributed by atoms with Gasteiger partial charge >= 0.3 is 0 Å². The summed E-state index contributed by atoms with van der Waals surface area (Å²) in [6.45, 7) is 2.24. The van der Waals surface area contributed by atoms with E-state index in [9.17, 15) is 0 Å². The normalized spacial score (nSPS) is 20.8. The van der Waals surface area contributed by atoms with Gasteiger partial charge in [-0.05, 0) is 36.8 Å². The Morgan fingerprint density at radius 3 is 1.92 bits per heavy atom. The predicted octanol–water partition coefficient (Wildman–Crippen LogP) is 6.13. The molecule has 2 aromatic rings. The summed E-state index contributed by atoms with van der Waals surface area (Å²) in [5.74, 6) is 0. The van der Waals surface area contributed by atoms with E-state index in [1.54, 1.807) is 0 Å². The van der Waals surface area contributed by atoms with Crippen LogP contribution < -0.4 is 0 Å². The summed E-state index contributed by atoms with van der Waals surface area (Å²) in [7, 11) is 0. The first-order chi connectivity index (χ1) is 11.9. The maximum absolute atomic E-state index is 4.92. The molecule has 0 aliphatic carbocycles. The molecular formula is C22H28N2. The fourth-order valence-corrected chi connectivity index (χ4v) is 3.59. The highest BCUT2D eigenvalue weighted by Gasteiger charge is 2.34. The van der Waals surface area contributed by atoms with Gasteiger partial charge in [0.2, 0.25) is 0 Å². The molecule has 2 nitrogen and oxygen atoms in total. The van der Waals surface area contributed by atoms with Gasteiger partial charge in [0.1, 0.15) is 0 Å². The minimum atomic E-state index is 0.388. The molecule has 0 saturated carbocycles. The molecule has 2 aromatic carbocycles. The number of unbranched alkanes of at least 4 members (excludes halogenated alkanes) is 3. The van der Waals surface area contributed by atoms with Crippen LogP contribution in [-0.4, -0.2) is 11.2 Å². The van der Waals surface area contributed by atoms with Crippen LogP contribution >= 0.6 is 0 Å². The van der Waals surface area contributed by atoms with Gasteiger partial charge in [-0.1, -0.05) is 80.4 Å². The molecule has 1 aliphatic heterocycles. The fraction of sp³-hybridized carbons (Fsp3) is 0.409. The quantitative estimate of drug-likeness (QED) is 0.442. The van der Waals surface area contributed by atoms with Crippen molar-refractivity contribution in [3.8, 4) is 0 Å². The Labute approximate surface area is 146 Å². The molecule has 0 radical (unpaired) electrons. The first kappa shape index (κ1) is 16.8. The number of hydrogen-bond donors (Lipinski definition) is 0. The molecule has 3 rings (SSSR count). The van der Waals surface area contributed by atoms with E-state index in [2.05, 4.69) is 78.8 Å². The third-order valence-corrected chi connectivity index (χ3v) is 4.87. The second kappa shape index (κ2) is 8.68. The van der Waals surface area contributed by atoms with Gasteiger partial charge in [0.15, 0.2) is 0 Å². The Kier molecular flexibility index (Phi) is 6.06. The van der Waals surface area contributed by atoms with Crippen molar-refractivity contribution >= 4 is 6.21 Å². The molecule has 2 heteroatoms.